The second-order valence-electron chi connectivity index (χ2n) is 11.4. The number of fused-ring (bicyclic) bond motifs is 2. The van der Waals surface area contributed by atoms with Gasteiger partial charge in [-0.1, -0.05) is 45.9 Å². The van der Waals surface area contributed by atoms with Gasteiger partial charge in [-0.15, -0.1) is 32.9 Å². The van der Waals surface area contributed by atoms with Crippen LogP contribution < -0.4 is 5.32 Å². The van der Waals surface area contributed by atoms with Crippen LogP contribution in [0.4, 0.5) is 5.00 Å². The van der Waals surface area contributed by atoms with Gasteiger partial charge in [-0.25, -0.2) is 0 Å². The Balaban J connectivity index is 1.27. The Kier molecular flexibility index (Phi) is 8.04. The van der Waals surface area contributed by atoms with Gasteiger partial charge in [0.1, 0.15) is 11.1 Å². The molecule has 5 rings (SSSR count). The van der Waals surface area contributed by atoms with E-state index in [-0.39, 0.29) is 17.1 Å². The molecule has 0 fully saturated rings. The van der Waals surface area contributed by atoms with Crippen LogP contribution in [0, 0.1) is 28.6 Å². The van der Waals surface area contributed by atoms with Crippen LogP contribution in [0.5, 0.6) is 0 Å². The highest BCUT2D eigenvalue weighted by atomic mass is 32.2. The number of hydrogen-bond donors (Lipinski definition) is 1. The topological polar surface area (TPSA) is 83.6 Å². The van der Waals surface area contributed by atoms with Gasteiger partial charge >= 0.3 is 0 Å². The molecule has 9 heteroatoms. The molecule has 0 saturated carbocycles. The molecule has 3 aromatic rings. The Morgan fingerprint density at radius 1 is 1.21 bits per heavy atom. The lowest BCUT2D eigenvalue weighted by Gasteiger charge is -2.36. The SMILES string of the molecule is CCn1c(SCC(=O)Nc2sc3c(c2C#N)CCC(C(C)(C)CC)C3)nnc1-c1csc2c1CCC(C)C2. The second-order valence-corrected chi connectivity index (χ2v) is 14.4. The predicted molar refractivity (Wildman–Crippen MR) is 158 cm³/mol. The summed E-state index contributed by atoms with van der Waals surface area (Å²) in [4.78, 5) is 15.8. The normalized spacial score (nSPS) is 19.1. The van der Waals surface area contributed by atoms with E-state index in [0.29, 0.717) is 16.5 Å². The van der Waals surface area contributed by atoms with Crippen LogP contribution in [0.15, 0.2) is 10.5 Å². The van der Waals surface area contributed by atoms with Crippen LogP contribution in [0.25, 0.3) is 11.4 Å². The molecule has 202 valence electrons. The number of thioether (sulfide) groups is 1. The largest absolute Gasteiger partial charge is 0.316 e. The van der Waals surface area contributed by atoms with E-state index in [9.17, 15) is 10.1 Å². The molecule has 0 aliphatic heterocycles. The average Bonchev–Trinajstić information content (AvgIpc) is 3.60. The molecular formula is C29H37N5OS3. The molecule has 2 atom stereocenters. The lowest BCUT2D eigenvalue weighted by atomic mass is 9.69. The highest BCUT2D eigenvalue weighted by molar-refractivity contribution is 7.99. The minimum absolute atomic E-state index is 0.107. The molecule has 38 heavy (non-hydrogen) atoms. The summed E-state index contributed by atoms with van der Waals surface area (Å²) in [7, 11) is 0. The first-order chi connectivity index (χ1) is 18.2. The van der Waals surface area contributed by atoms with Crippen molar-refractivity contribution < 1.29 is 4.79 Å². The summed E-state index contributed by atoms with van der Waals surface area (Å²) in [6.07, 6.45) is 7.61. The minimum atomic E-state index is -0.107. The van der Waals surface area contributed by atoms with Crippen LogP contribution >= 0.6 is 34.4 Å². The highest BCUT2D eigenvalue weighted by Gasteiger charge is 2.34. The summed E-state index contributed by atoms with van der Waals surface area (Å²) in [6.45, 7) is 12.1. The van der Waals surface area contributed by atoms with E-state index in [1.807, 2.05) is 11.3 Å². The monoisotopic (exact) mass is 567 g/mol. The molecule has 0 spiro atoms. The maximum absolute atomic E-state index is 13.0. The van der Waals surface area contributed by atoms with Crippen molar-refractivity contribution in [1.82, 2.24) is 14.8 Å². The number of amides is 1. The Morgan fingerprint density at radius 2 is 2.00 bits per heavy atom. The minimum Gasteiger partial charge on any atom is -0.316 e. The summed E-state index contributed by atoms with van der Waals surface area (Å²) in [6, 6.07) is 2.38. The Labute approximate surface area is 238 Å². The van der Waals surface area contributed by atoms with Gasteiger partial charge in [0.25, 0.3) is 0 Å². The zero-order valence-electron chi connectivity index (χ0n) is 23.0. The lowest BCUT2D eigenvalue weighted by Crippen LogP contribution is -2.28. The highest BCUT2D eigenvalue weighted by Crippen LogP contribution is 2.45. The molecule has 2 aliphatic rings. The maximum Gasteiger partial charge on any atom is 0.235 e. The van der Waals surface area contributed by atoms with Gasteiger partial charge in [0.2, 0.25) is 5.91 Å². The van der Waals surface area contributed by atoms with E-state index in [1.165, 1.54) is 39.1 Å². The van der Waals surface area contributed by atoms with Crippen LogP contribution in [0.3, 0.4) is 0 Å². The summed E-state index contributed by atoms with van der Waals surface area (Å²) < 4.78 is 2.12. The third-order valence-electron chi connectivity index (χ3n) is 8.65. The van der Waals surface area contributed by atoms with Crippen molar-refractivity contribution in [3.8, 4) is 17.5 Å². The van der Waals surface area contributed by atoms with Crippen molar-refractivity contribution in [2.45, 2.75) is 91.3 Å². The fourth-order valence-electron chi connectivity index (χ4n) is 5.79. The number of hydrogen-bond acceptors (Lipinski definition) is 7. The van der Waals surface area contributed by atoms with E-state index >= 15 is 0 Å². The molecule has 2 aliphatic carbocycles. The first-order valence-corrected chi connectivity index (χ1v) is 16.4. The number of nitriles is 1. The number of nitrogens with one attached hydrogen (secondary N) is 1. The van der Waals surface area contributed by atoms with Gasteiger partial charge in [-0.05, 0) is 73.8 Å². The van der Waals surface area contributed by atoms with E-state index in [2.05, 4.69) is 66.1 Å². The Morgan fingerprint density at radius 3 is 2.74 bits per heavy atom. The van der Waals surface area contributed by atoms with E-state index in [4.69, 9.17) is 0 Å². The summed E-state index contributed by atoms with van der Waals surface area (Å²) in [5, 5.41) is 25.7. The summed E-state index contributed by atoms with van der Waals surface area (Å²) in [5.41, 5.74) is 4.72. The van der Waals surface area contributed by atoms with Gasteiger partial charge in [-0.2, -0.15) is 5.26 Å². The zero-order valence-corrected chi connectivity index (χ0v) is 25.5. The smallest absolute Gasteiger partial charge is 0.235 e. The summed E-state index contributed by atoms with van der Waals surface area (Å²) in [5.74, 6) is 2.38. The molecule has 3 aromatic heterocycles. The van der Waals surface area contributed by atoms with Crippen molar-refractivity contribution >= 4 is 45.3 Å². The molecule has 1 amide bonds. The number of carbonyl (C=O) groups is 1. The van der Waals surface area contributed by atoms with Crippen LogP contribution in [0.1, 0.15) is 80.3 Å². The molecular weight excluding hydrogens is 531 g/mol. The molecule has 0 radical (unpaired) electrons. The fourth-order valence-corrected chi connectivity index (χ4v) is 9.12. The van der Waals surface area contributed by atoms with Gasteiger partial charge in [0.05, 0.1) is 11.3 Å². The van der Waals surface area contributed by atoms with Gasteiger partial charge in [-0.3, -0.25) is 4.79 Å². The van der Waals surface area contributed by atoms with Gasteiger partial charge in [0.15, 0.2) is 11.0 Å². The number of anilines is 1. The molecule has 0 aromatic carbocycles. The Bertz CT molecular complexity index is 1380. The maximum atomic E-state index is 13.0. The average molecular weight is 568 g/mol. The lowest BCUT2D eigenvalue weighted by molar-refractivity contribution is -0.113. The number of carbonyl (C=O) groups excluding carboxylic acids is 1. The third kappa shape index (κ3) is 5.20. The van der Waals surface area contributed by atoms with Gasteiger partial charge in [0, 0.05) is 27.2 Å². The van der Waals surface area contributed by atoms with E-state index in [1.54, 1.807) is 11.3 Å². The molecule has 0 bridgehead atoms. The standard InChI is InChI=1S/C29H37N5OS3/c1-6-29(4,5)18-9-11-19-21(14-30)27(38-24(19)13-18)31-25(35)16-37-28-33-32-26(34(28)7-2)22-15-36-23-12-17(3)8-10-20(22)23/h15,17-18H,6-13,16H2,1-5H3,(H,31,35). The van der Waals surface area contributed by atoms with Crippen molar-refractivity contribution in [3.05, 3.63) is 31.8 Å². The first-order valence-electron chi connectivity index (χ1n) is 13.8. The molecule has 6 nitrogen and oxygen atoms in total. The zero-order chi connectivity index (χ0) is 27.0. The molecule has 2 unspecified atom stereocenters. The quantitative estimate of drug-likeness (QED) is 0.288. The number of rotatable bonds is 8. The molecule has 3 heterocycles. The van der Waals surface area contributed by atoms with Crippen molar-refractivity contribution in [2.75, 3.05) is 11.1 Å². The van der Waals surface area contributed by atoms with Crippen molar-refractivity contribution in [2.24, 2.45) is 17.3 Å². The van der Waals surface area contributed by atoms with E-state index in [0.717, 1.165) is 67.5 Å². The number of thiophene rings is 2. The van der Waals surface area contributed by atoms with Crippen molar-refractivity contribution in [3.63, 3.8) is 0 Å². The third-order valence-corrected chi connectivity index (χ3v) is 11.8. The molecule has 0 saturated heterocycles. The first kappa shape index (κ1) is 27.4. The number of aromatic nitrogens is 3. The fraction of sp³-hybridized carbons (Fsp3) is 0.586. The number of nitrogens with zero attached hydrogens (tertiary/aromatic N) is 4. The van der Waals surface area contributed by atoms with Gasteiger partial charge < -0.3 is 9.88 Å². The van der Waals surface area contributed by atoms with Crippen LogP contribution in [-0.4, -0.2) is 26.4 Å². The summed E-state index contributed by atoms with van der Waals surface area (Å²) >= 11 is 4.85. The van der Waals surface area contributed by atoms with Crippen LogP contribution in [0.2, 0.25) is 0 Å². The predicted octanol–water partition coefficient (Wildman–Crippen LogP) is 7.36. The molecule has 1 N–H and O–H groups in total. The van der Waals surface area contributed by atoms with E-state index < -0.39 is 0 Å². The second kappa shape index (κ2) is 11.1. The van der Waals surface area contributed by atoms with Crippen LogP contribution in [-0.2, 0) is 37.0 Å². The Hall–Kier alpha value is -2.15. The van der Waals surface area contributed by atoms with Crippen molar-refractivity contribution in [1.29, 1.82) is 5.26 Å².